The van der Waals surface area contributed by atoms with E-state index in [4.69, 9.17) is 33.0 Å². The second-order valence-corrected chi connectivity index (χ2v) is 6.07. The minimum atomic E-state index is -0.550. The quantitative estimate of drug-likeness (QED) is 0.354. The molecule has 1 aromatic heterocycles. The molecule has 6 nitrogen and oxygen atoms in total. The predicted octanol–water partition coefficient (Wildman–Crippen LogP) is 3.29. The first-order chi connectivity index (χ1) is 12.5. The van der Waals surface area contributed by atoms with Gasteiger partial charge in [0.1, 0.15) is 23.8 Å². The van der Waals surface area contributed by atoms with E-state index in [1.165, 1.54) is 12.2 Å². The molecule has 132 valence electrons. The molecule has 0 unspecified atom stereocenters. The number of benzene rings is 1. The molecule has 1 aromatic carbocycles. The molecule has 0 saturated carbocycles. The van der Waals surface area contributed by atoms with Gasteiger partial charge in [-0.15, -0.1) is 0 Å². The number of esters is 1. The molecule has 1 aliphatic heterocycles. The number of halogens is 1. The summed E-state index contributed by atoms with van der Waals surface area (Å²) >= 11 is 10.9. The monoisotopic (exact) mass is 388 g/mol. The van der Waals surface area contributed by atoms with Crippen LogP contribution in [0, 0.1) is 0 Å². The van der Waals surface area contributed by atoms with E-state index in [-0.39, 0.29) is 28.2 Å². The third kappa shape index (κ3) is 3.84. The van der Waals surface area contributed by atoms with Gasteiger partial charge in [-0.2, -0.15) is 0 Å². The van der Waals surface area contributed by atoms with E-state index in [2.05, 4.69) is 17.2 Å². The summed E-state index contributed by atoms with van der Waals surface area (Å²) in [6, 6.07) is 8.31. The van der Waals surface area contributed by atoms with Crippen molar-refractivity contribution in [3.05, 3.63) is 65.0 Å². The number of carbonyl (C=O) groups excluding carboxylic acids is 2. The zero-order valence-electron chi connectivity index (χ0n) is 13.4. The minimum absolute atomic E-state index is 0.0921. The Balaban J connectivity index is 1.86. The number of hydrogen-bond donors (Lipinski definition) is 2. The molecular weight excluding hydrogens is 376 g/mol. The summed E-state index contributed by atoms with van der Waals surface area (Å²) in [7, 11) is 0. The molecule has 1 fully saturated rings. The van der Waals surface area contributed by atoms with E-state index in [0.717, 1.165) is 0 Å². The smallest absolute Gasteiger partial charge is 0.339 e. The third-order valence-corrected chi connectivity index (χ3v) is 3.97. The molecule has 2 aromatic rings. The maximum absolute atomic E-state index is 12.1. The van der Waals surface area contributed by atoms with Crippen molar-refractivity contribution < 1.29 is 18.7 Å². The Kier molecular flexibility index (Phi) is 5.20. The summed E-state index contributed by atoms with van der Waals surface area (Å²) in [4.78, 5) is 23.7. The maximum Gasteiger partial charge on any atom is 0.339 e. The van der Waals surface area contributed by atoms with Crippen molar-refractivity contribution in [2.24, 2.45) is 0 Å². The van der Waals surface area contributed by atoms with E-state index in [9.17, 15) is 9.59 Å². The lowest BCUT2D eigenvalue weighted by atomic mass is 10.1. The van der Waals surface area contributed by atoms with Gasteiger partial charge >= 0.3 is 5.97 Å². The van der Waals surface area contributed by atoms with Crippen molar-refractivity contribution in [3.63, 3.8) is 0 Å². The van der Waals surface area contributed by atoms with Gasteiger partial charge in [0.25, 0.3) is 5.91 Å². The van der Waals surface area contributed by atoms with Crippen molar-refractivity contribution in [3.8, 4) is 11.3 Å². The zero-order valence-corrected chi connectivity index (χ0v) is 14.9. The fourth-order valence-electron chi connectivity index (χ4n) is 2.26. The van der Waals surface area contributed by atoms with Crippen molar-refractivity contribution >= 4 is 46.9 Å². The van der Waals surface area contributed by atoms with Crippen LogP contribution in [0.2, 0.25) is 5.02 Å². The summed E-state index contributed by atoms with van der Waals surface area (Å²) < 4.78 is 10.7. The molecule has 1 amide bonds. The van der Waals surface area contributed by atoms with Crippen LogP contribution in [0.5, 0.6) is 0 Å². The van der Waals surface area contributed by atoms with E-state index < -0.39 is 5.97 Å². The molecule has 0 radical (unpaired) electrons. The van der Waals surface area contributed by atoms with Crippen LogP contribution in [-0.2, 0) is 9.53 Å². The molecule has 1 saturated heterocycles. The van der Waals surface area contributed by atoms with E-state index >= 15 is 0 Å². The molecule has 0 spiro atoms. The van der Waals surface area contributed by atoms with Gasteiger partial charge in [-0.25, -0.2) is 4.79 Å². The molecule has 1 aliphatic rings. The number of nitrogens with one attached hydrogen (secondary N) is 2. The Morgan fingerprint density at radius 2 is 2.12 bits per heavy atom. The number of ether oxygens (including phenoxy) is 1. The molecular formula is C18H13ClN2O4S. The van der Waals surface area contributed by atoms with E-state index in [0.29, 0.717) is 22.8 Å². The summed E-state index contributed by atoms with van der Waals surface area (Å²) in [6.07, 6.45) is 3.01. The average molecular weight is 389 g/mol. The van der Waals surface area contributed by atoms with E-state index in [1.807, 2.05) is 0 Å². The standard InChI is InChI=1S/C18H13ClN2O4S/c1-2-7-24-17(23)12-8-10(3-5-13(12)19)15-6-4-11(25-15)9-14-16(22)21-18(26)20-14/h2-6,8-9H,1,7H2,(H2,20,21,22,26). The maximum atomic E-state index is 12.1. The molecule has 2 heterocycles. The van der Waals surface area contributed by atoms with Crippen LogP contribution >= 0.6 is 23.8 Å². The Morgan fingerprint density at radius 1 is 1.31 bits per heavy atom. The first kappa shape index (κ1) is 17.9. The van der Waals surface area contributed by atoms with Gasteiger partial charge in [0.2, 0.25) is 0 Å². The second kappa shape index (κ2) is 7.55. The average Bonchev–Trinajstić information content (AvgIpc) is 3.20. The van der Waals surface area contributed by atoms with Crippen LogP contribution in [0.4, 0.5) is 0 Å². The zero-order chi connectivity index (χ0) is 18.7. The SMILES string of the molecule is C=CCOC(=O)c1cc(-c2ccc(C=C3NC(=S)NC3=O)o2)ccc1Cl. The van der Waals surface area contributed by atoms with Gasteiger partial charge in [-0.05, 0) is 42.5 Å². The van der Waals surface area contributed by atoms with Crippen LogP contribution in [0.25, 0.3) is 17.4 Å². The number of carbonyl (C=O) groups is 2. The fourth-order valence-corrected chi connectivity index (χ4v) is 2.65. The number of hydrogen-bond acceptors (Lipinski definition) is 5. The number of thiocarbonyl (C=S) groups is 1. The Morgan fingerprint density at radius 3 is 2.81 bits per heavy atom. The topological polar surface area (TPSA) is 80.6 Å². The van der Waals surface area contributed by atoms with Crippen LogP contribution in [0.1, 0.15) is 16.1 Å². The van der Waals surface area contributed by atoms with Gasteiger partial charge in [0.05, 0.1) is 10.6 Å². The molecule has 0 aliphatic carbocycles. The lowest BCUT2D eigenvalue weighted by Crippen LogP contribution is -2.21. The highest BCUT2D eigenvalue weighted by Crippen LogP contribution is 2.28. The Hall–Kier alpha value is -2.90. The summed E-state index contributed by atoms with van der Waals surface area (Å²) in [6.45, 7) is 3.59. The van der Waals surface area contributed by atoms with Crippen molar-refractivity contribution in [1.82, 2.24) is 10.6 Å². The van der Waals surface area contributed by atoms with Crippen molar-refractivity contribution in [1.29, 1.82) is 0 Å². The highest BCUT2D eigenvalue weighted by atomic mass is 35.5. The molecule has 3 rings (SSSR count). The Bertz CT molecular complexity index is 948. The van der Waals surface area contributed by atoms with Gasteiger partial charge in [-0.3, -0.25) is 10.1 Å². The fraction of sp³-hybridized carbons (Fsp3) is 0.0556. The molecule has 8 heteroatoms. The lowest BCUT2D eigenvalue weighted by Gasteiger charge is -2.06. The van der Waals surface area contributed by atoms with Crippen LogP contribution in [-0.4, -0.2) is 23.6 Å². The summed E-state index contributed by atoms with van der Waals surface area (Å²) in [5.74, 6) is 0.0815. The van der Waals surface area contributed by atoms with Crippen LogP contribution in [0.15, 0.2) is 53.1 Å². The van der Waals surface area contributed by atoms with Crippen LogP contribution in [0.3, 0.4) is 0 Å². The number of amides is 1. The minimum Gasteiger partial charge on any atom is -0.458 e. The third-order valence-electron chi connectivity index (χ3n) is 3.44. The van der Waals surface area contributed by atoms with Crippen LogP contribution < -0.4 is 10.6 Å². The van der Waals surface area contributed by atoms with Crippen molar-refractivity contribution in [2.45, 2.75) is 0 Å². The van der Waals surface area contributed by atoms with Gasteiger partial charge in [0, 0.05) is 11.6 Å². The van der Waals surface area contributed by atoms with E-state index in [1.54, 1.807) is 30.3 Å². The van der Waals surface area contributed by atoms with Crippen molar-refractivity contribution in [2.75, 3.05) is 6.61 Å². The first-order valence-corrected chi connectivity index (χ1v) is 8.28. The Labute approximate surface area is 159 Å². The second-order valence-electron chi connectivity index (χ2n) is 5.25. The number of furan rings is 1. The largest absolute Gasteiger partial charge is 0.458 e. The lowest BCUT2D eigenvalue weighted by molar-refractivity contribution is -0.115. The van der Waals surface area contributed by atoms with Gasteiger partial charge < -0.3 is 14.5 Å². The summed E-state index contributed by atoms with van der Waals surface area (Å²) in [5.41, 5.74) is 1.16. The first-order valence-electron chi connectivity index (χ1n) is 7.49. The molecule has 0 bridgehead atoms. The van der Waals surface area contributed by atoms with Gasteiger partial charge in [0.15, 0.2) is 5.11 Å². The predicted molar refractivity (Wildman–Crippen MR) is 101 cm³/mol. The highest BCUT2D eigenvalue weighted by Gasteiger charge is 2.21. The summed E-state index contributed by atoms with van der Waals surface area (Å²) in [5, 5.41) is 5.72. The highest BCUT2D eigenvalue weighted by molar-refractivity contribution is 7.80. The molecule has 0 atom stereocenters. The normalized spacial score (nSPS) is 14.9. The molecule has 26 heavy (non-hydrogen) atoms. The molecule has 2 N–H and O–H groups in total. The van der Waals surface area contributed by atoms with Gasteiger partial charge in [-0.1, -0.05) is 24.3 Å². The number of rotatable bonds is 5.